The first-order valence-electron chi connectivity index (χ1n) is 7.68. The zero-order valence-corrected chi connectivity index (χ0v) is 13.7. The van der Waals surface area contributed by atoms with Crippen LogP contribution in [0.4, 0.5) is 17.2 Å². The number of carbonyl (C=O) groups excluding carboxylic acids is 1. The van der Waals surface area contributed by atoms with E-state index < -0.39 is 0 Å². The molecule has 0 bridgehead atoms. The second kappa shape index (κ2) is 8.52. The summed E-state index contributed by atoms with van der Waals surface area (Å²) in [5.41, 5.74) is 7.50. The molecule has 0 saturated heterocycles. The minimum Gasteiger partial charge on any atom is -0.477 e. The van der Waals surface area contributed by atoms with Crippen molar-refractivity contribution < 1.29 is 14.6 Å². The van der Waals surface area contributed by atoms with Crippen LogP contribution in [0, 0.1) is 11.3 Å². The number of aromatic nitrogens is 1. The van der Waals surface area contributed by atoms with Gasteiger partial charge in [0.25, 0.3) is 5.91 Å². The Labute approximate surface area is 145 Å². The van der Waals surface area contributed by atoms with Crippen LogP contribution in [-0.4, -0.2) is 35.8 Å². The molecule has 0 aliphatic rings. The molecule has 1 aromatic carbocycles. The van der Waals surface area contributed by atoms with Crippen LogP contribution in [0.5, 0.6) is 5.88 Å². The molecule has 25 heavy (non-hydrogen) atoms. The molecule has 130 valence electrons. The summed E-state index contributed by atoms with van der Waals surface area (Å²) >= 11 is 0. The molecule has 1 heterocycles. The predicted molar refractivity (Wildman–Crippen MR) is 93.7 cm³/mol. The lowest BCUT2D eigenvalue weighted by molar-refractivity contribution is 0.0945. The highest BCUT2D eigenvalue weighted by Gasteiger charge is 2.12. The van der Waals surface area contributed by atoms with Crippen molar-refractivity contribution in [2.45, 2.75) is 6.92 Å². The lowest BCUT2D eigenvalue weighted by Crippen LogP contribution is -2.26. The van der Waals surface area contributed by atoms with Crippen molar-refractivity contribution in [3.8, 4) is 11.9 Å². The van der Waals surface area contributed by atoms with Gasteiger partial charge in [-0.3, -0.25) is 4.79 Å². The topological polar surface area (TPSA) is 133 Å². The number of nitrogens with two attached hydrogens (primary N) is 1. The fraction of sp³-hybridized carbons (Fsp3) is 0.235. The van der Waals surface area contributed by atoms with Crippen LogP contribution in [0.25, 0.3) is 0 Å². The Kier molecular flexibility index (Phi) is 6.14. The molecule has 8 nitrogen and oxygen atoms in total. The molecular weight excluding hydrogens is 322 g/mol. The molecule has 0 aliphatic heterocycles. The number of rotatable bonds is 7. The van der Waals surface area contributed by atoms with Crippen molar-refractivity contribution >= 4 is 23.1 Å². The van der Waals surface area contributed by atoms with E-state index >= 15 is 0 Å². The van der Waals surface area contributed by atoms with Gasteiger partial charge in [0, 0.05) is 23.9 Å². The van der Waals surface area contributed by atoms with E-state index in [1.54, 1.807) is 37.3 Å². The zero-order chi connectivity index (χ0) is 18.2. The summed E-state index contributed by atoms with van der Waals surface area (Å²) in [6, 6.07) is 10.2. The standard InChI is InChI=1S/C17H19N5O3/c1-2-25-17-13(10-18)14(19)9-15(22-17)21-12-5-3-11(4-6-12)16(24)20-7-8-23/h3-6,9,23H,2,7-8H2,1H3,(H,20,24)(H3,19,21,22). The number of benzene rings is 1. The van der Waals surface area contributed by atoms with Gasteiger partial charge in [0.2, 0.25) is 5.88 Å². The van der Waals surface area contributed by atoms with E-state index in [1.165, 1.54) is 0 Å². The number of amides is 1. The monoisotopic (exact) mass is 341 g/mol. The van der Waals surface area contributed by atoms with E-state index in [0.29, 0.717) is 23.7 Å². The van der Waals surface area contributed by atoms with Gasteiger partial charge in [-0.15, -0.1) is 0 Å². The summed E-state index contributed by atoms with van der Waals surface area (Å²) in [4.78, 5) is 16.0. The molecule has 1 amide bonds. The SMILES string of the molecule is CCOc1nc(Nc2ccc(C(=O)NCCO)cc2)cc(N)c1C#N. The molecule has 0 fully saturated rings. The number of ether oxygens (including phenoxy) is 1. The summed E-state index contributed by atoms with van der Waals surface area (Å²) in [7, 11) is 0. The third-order valence-electron chi connectivity index (χ3n) is 3.23. The Bertz CT molecular complexity index is 784. The molecule has 0 radical (unpaired) electrons. The number of nitrogens with zero attached hydrogens (tertiary/aromatic N) is 2. The first-order chi connectivity index (χ1) is 12.1. The van der Waals surface area contributed by atoms with Gasteiger partial charge in [0.1, 0.15) is 17.5 Å². The quantitative estimate of drug-likeness (QED) is 0.598. The Balaban J connectivity index is 2.17. The Hall–Kier alpha value is -3.31. The van der Waals surface area contributed by atoms with Gasteiger partial charge >= 0.3 is 0 Å². The maximum Gasteiger partial charge on any atom is 0.251 e. The van der Waals surface area contributed by atoms with E-state index in [4.69, 9.17) is 20.8 Å². The molecule has 1 aromatic heterocycles. The first-order valence-corrected chi connectivity index (χ1v) is 7.68. The van der Waals surface area contributed by atoms with Crippen molar-refractivity contribution in [3.63, 3.8) is 0 Å². The smallest absolute Gasteiger partial charge is 0.251 e. The van der Waals surface area contributed by atoms with E-state index in [9.17, 15) is 4.79 Å². The predicted octanol–water partition coefficient (Wildman–Crippen LogP) is 1.40. The van der Waals surface area contributed by atoms with Gasteiger partial charge in [-0.05, 0) is 31.2 Å². The number of pyridine rings is 1. The largest absolute Gasteiger partial charge is 0.477 e. The summed E-state index contributed by atoms with van der Waals surface area (Å²) in [5, 5.41) is 23.5. The summed E-state index contributed by atoms with van der Waals surface area (Å²) in [6.07, 6.45) is 0. The average Bonchev–Trinajstić information content (AvgIpc) is 2.60. The molecule has 0 atom stereocenters. The molecular formula is C17H19N5O3. The lowest BCUT2D eigenvalue weighted by Gasteiger charge is -2.11. The number of nitrogen functional groups attached to an aromatic ring is 1. The summed E-state index contributed by atoms with van der Waals surface area (Å²) in [5.74, 6) is 0.338. The molecule has 5 N–H and O–H groups in total. The van der Waals surface area contributed by atoms with Gasteiger partial charge in [0.05, 0.1) is 18.9 Å². The third-order valence-corrected chi connectivity index (χ3v) is 3.23. The minimum absolute atomic E-state index is 0.112. The highest BCUT2D eigenvalue weighted by Crippen LogP contribution is 2.26. The second-order valence-corrected chi connectivity index (χ2v) is 5.00. The number of nitrogens with one attached hydrogen (secondary N) is 2. The lowest BCUT2D eigenvalue weighted by atomic mass is 10.2. The first kappa shape index (κ1) is 18.0. The van der Waals surface area contributed by atoms with E-state index in [1.807, 2.05) is 6.07 Å². The number of carbonyl (C=O) groups is 1. The van der Waals surface area contributed by atoms with Gasteiger partial charge in [-0.1, -0.05) is 0 Å². The normalized spacial score (nSPS) is 9.96. The second-order valence-electron chi connectivity index (χ2n) is 5.00. The van der Waals surface area contributed by atoms with Crippen molar-refractivity contribution in [1.29, 1.82) is 5.26 Å². The Morgan fingerprint density at radius 1 is 1.40 bits per heavy atom. The Morgan fingerprint density at radius 2 is 2.12 bits per heavy atom. The molecule has 2 rings (SSSR count). The van der Waals surface area contributed by atoms with Gasteiger partial charge in [-0.2, -0.15) is 10.2 Å². The van der Waals surface area contributed by atoms with Crippen LogP contribution in [0.2, 0.25) is 0 Å². The highest BCUT2D eigenvalue weighted by molar-refractivity contribution is 5.94. The molecule has 2 aromatic rings. The molecule has 0 unspecified atom stereocenters. The van der Waals surface area contributed by atoms with Crippen LogP contribution in [-0.2, 0) is 0 Å². The number of aliphatic hydroxyl groups is 1. The third kappa shape index (κ3) is 4.59. The minimum atomic E-state index is -0.264. The fourth-order valence-electron chi connectivity index (χ4n) is 2.08. The number of nitriles is 1. The van der Waals surface area contributed by atoms with Gasteiger partial charge < -0.3 is 26.2 Å². The summed E-state index contributed by atoms with van der Waals surface area (Å²) < 4.78 is 5.35. The van der Waals surface area contributed by atoms with E-state index in [2.05, 4.69) is 15.6 Å². The van der Waals surface area contributed by atoms with E-state index in [-0.39, 0.29) is 36.2 Å². The molecule has 0 aliphatic carbocycles. The van der Waals surface area contributed by atoms with Gasteiger partial charge in [0.15, 0.2) is 0 Å². The van der Waals surface area contributed by atoms with Crippen LogP contribution in [0.1, 0.15) is 22.8 Å². The van der Waals surface area contributed by atoms with Crippen molar-refractivity contribution in [3.05, 3.63) is 41.5 Å². The van der Waals surface area contributed by atoms with Crippen LogP contribution in [0.15, 0.2) is 30.3 Å². The van der Waals surface area contributed by atoms with Crippen LogP contribution >= 0.6 is 0 Å². The summed E-state index contributed by atoms with van der Waals surface area (Å²) in [6.45, 7) is 2.24. The van der Waals surface area contributed by atoms with Gasteiger partial charge in [-0.25, -0.2) is 0 Å². The van der Waals surface area contributed by atoms with E-state index in [0.717, 1.165) is 0 Å². The fourth-order valence-corrected chi connectivity index (χ4v) is 2.08. The number of hydrogen-bond donors (Lipinski definition) is 4. The molecule has 8 heteroatoms. The number of anilines is 3. The van der Waals surface area contributed by atoms with Crippen molar-refractivity contribution in [1.82, 2.24) is 10.3 Å². The number of aliphatic hydroxyl groups excluding tert-OH is 1. The van der Waals surface area contributed by atoms with Crippen molar-refractivity contribution in [2.75, 3.05) is 30.8 Å². The average molecular weight is 341 g/mol. The number of hydrogen-bond acceptors (Lipinski definition) is 7. The van der Waals surface area contributed by atoms with Crippen LogP contribution < -0.4 is 21.1 Å². The Morgan fingerprint density at radius 3 is 2.72 bits per heavy atom. The molecule has 0 spiro atoms. The van der Waals surface area contributed by atoms with Crippen molar-refractivity contribution in [2.24, 2.45) is 0 Å². The zero-order valence-electron chi connectivity index (χ0n) is 13.7. The highest BCUT2D eigenvalue weighted by atomic mass is 16.5. The molecule has 0 saturated carbocycles. The maximum absolute atomic E-state index is 11.8. The maximum atomic E-state index is 11.8. The van der Waals surface area contributed by atoms with Crippen LogP contribution in [0.3, 0.4) is 0 Å².